The molecule has 1 aliphatic rings. The lowest BCUT2D eigenvalue weighted by atomic mass is 9.78. The molecule has 1 aliphatic heterocycles. The number of ether oxygens (including phenoxy) is 1. The first-order valence-electron chi connectivity index (χ1n) is 8.71. The van der Waals surface area contributed by atoms with Crippen LogP contribution in [0.25, 0.3) is 6.08 Å². The molecule has 0 atom stereocenters. The quantitative estimate of drug-likeness (QED) is 0.562. The number of aromatic nitrogens is 1. The van der Waals surface area contributed by atoms with Crippen LogP contribution >= 0.6 is 11.8 Å². The molecule has 0 saturated carbocycles. The lowest BCUT2D eigenvalue weighted by molar-refractivity contribution is -0.109. The highest BCUT2D eigenvalue weighted by atomic mass is 32.2. The minimum atomic E-state index is -0.553. The van der Waals surface area contributed by atoms with Gasteiger partial charge >= 0.3 is 13.1 Å². The van der Waals surface area contributed by atoms with E-state index < -0.39 is 24.3 Å². The second-order valence-corrected chi connectivity index (χ2v) is 8.67. The van der Waals surface area contributed by atoms with E-state index in [1.807, 2.05) is 39.8 Å². The van der Waals surface area contributed by atoms with E-state index in [4.69, 9.17) is 14.0 Å². The topological polar surface area (TPSA) is 74.7 Å². The van der Waals surface area contributed by atoms with E-state index in [-0.39, 0.29) is 10.8 Å². The minimum Gasteiger partial charge on any atom is -0.464 e. The Balaban J connectivity index is 2.35. The molecule has 0 aliphatic carbocycles. The number of carbonyl (C=O) groups is 2. The summed E-state index contributed by atoms with van der Waals surface area (Å²) in [6.45, 7) is 11.3. The van der Waals surface area contributed by atoms with Gasteiger partial charge in [0.1, 0.15) is 0 Å². The fourth-order valence-electron chi connectivity index (χ4n) is 2.56. The Bertz CT molecular complexity index is 759. The molecule has 0 spiro atoms. The molecule has 8 heteroatoms. The second-order valence-electron chi connectivity index (χ2n) is 7.51. The van der Waals surface area contributed by atoms with Gasteiger partial charge in [0.2, 0.25) is 0 Å². The van der Waals surface area contributed by atoms with Gasteiger partial charge in [-0.25, -0.2) is 9.78 Å². The van der Waals surface area contributed by atoms with Crippen molar-refractivity contribution in [3.63, 3.8) is 0 Å². The fraction of sp³-hybridized carbons (Fsp3) is 0.526. The Hall–Kier alpha value is -1.64. The van der Waals surface area contributed by atoms with Gasteiger partial charge in [0, 0.05) is 18.9 Å². The molecule has 146 valence electrons. The Morgan fingerprint density at radius 3 is 2.33 bits per heavy atom. The van der Waals surface area contributed by atoms with Crippen molar-refractivity contribution in [3.05, 3.63) is 34.6 Å². The van der Waals surface area contributed by atoms with Crippen LogP contribution < -0.4 is 0 Å². The average Bonchev–Trinajstić information content (AvgIpc) is 2.78. The molecular formula is C19H26BNO5S. The third kappa shape index (κ3) is 5.00. The summed E-state index contributed by atoms with van der Waals surface area (Å²) in [6, 6.07) is 1.85. The van der Waals surface area contributed by atoms with E-state index >= 15 is 0 Å². The van der Waals surface area contributed by atoms with Gasteiger partial charge in [-0.05, 0) is 57.3 Å². The van der Waals surface area contributed by atoms with Crippen LogP contribution in [0.1, 0.15) is 56.2 Å². The number of methoxy groups -OCH3 is 1. The molecule has 1 saturated heterocycles. The maximum atomic E-state index is 11.7. The lowest BCUT2D eigenvalue weighted by Crippen LogP contribution is -2.41. The fourth-order valence-corrected chi connectivity index (χ4v) is 3.15. The first-order valence-corrected chi connectivity index (χ1v) is 9.70. The highest BCUT2D eigenvalue weighted by Crippen LogP contribution is 2.39. The number of hydrogen-bond acceptors (Lipinski definition) is 7. The van der Waals surface area contributed by atoms with Gasteiger partial charge in [0.25, 0.3) is 0 Å². The minimum absolute atomic E-state index is 0.0211. The zero-order valence-corrected chi connectivity index (χ0v) is 17.7. The molecule has 6 nitrogen and oxygen atoms in total. The van der Waals surface area contributed by atoms with E-state index in [0.717, 1.165) is 11.0 Å². The molecule has 0 unspecified atom stereocenters. The summed E-state index contributed by atoms with van der Waals surface area (Å²) in [5.41, 5.74) is 1.68. The van der Waals surface area contributed by atoms with Crippen molar-refractivity contribution in [1.82, 2.24) is 4.98 Å². The maximum Gasteiger partial charge on any atom is 0.491 e. The zero-order chi connectivity index (χ0) is 20.4. The van der Waals surface area contributed by atoms with Crippen LogP contribution in [0, 0.1) is 6.92 Å². The van der Waals surface area contributed by atoms with Crippen molar-refractivity contribution in [3.8, 4) is 0 Å². The van der Waals surface area contributed by atoms with Crippen LogP contribution in [0.3, 0.4) is 0 Å². The van der Waals surface area contributed by atoms with Crippen molar-refractivity contribution in [2.45, 2.75) is 52.7 Å². The molecule has 2 heterocycles. The molecule has 0 aromatic carbocycles. The van der Waals surface area contributed by atoms with Crippen LogP contribution in [0.5, 0.6) is 0 Å². The summed E-state index contributed by atoms with van der Waals surface area (Å²) >= 11 is 1.20. The summed E-state index contributed by atoms with van der Waals surface area (Å²) in [6.07, 6.45) is 3.50. The number of carbonyl (C=O) groups excluding carboxylic acids is 2. The summed E-state index contributed by atoms with van der Waals surface area (Å²) < 4.78 is 17.0. The molecule has 2 rings (SSSR count). The van der Waals surface area contributed by atoms with Crippen molar-refractivity contribution >= 4 is 36.0 Å². The van der Waals surface area contributed by atoms with Crippen LogP contribution in [-0.2, 0) is 18.8 Å². The van der Waals surface area contributed by atoms with E-state index in [9.17, 15) is 9.59 Å². The van der Waals surface area contributed by atoms with Gasteiger partial charge < -0.3 is 14.0 Å². The molecule has 1 aromatic heterocycles. The Kier molecular flexibility index (Phi) is 6.55. The normalized spacial score (nSPS) is 18.5. The number of esters is 1. The van der Waals surface area contributed by atoms with Crippen molar-refractivity contribution in [2.75, 3.05) is 12.9 Å². The SMILES string of the molecule is COC(=O)c1ncc(C=C(CSC(C)=O)B2OC(C)(C)C(C)(C)O2)cc1C. The molecule has 0 radical (unpaired) electrons. The second kappa shape index (κ2) is 8.16. The maximum absolute atomic E-state index is 11.7. The van der Waals surface area contributed by atoms with Crippen molar-refractivity contribution in [1.29, 1.82) is 0 Å². The number of pyridine rings is 1. The molecule has 0 amide bonds. The standard InChI is InChI=1S/C19H26BNO5S/c1-12-8-14(10-21-16(12)17(23)24-7)9-15(11-27-13(2)22)20-25-18(3,4)19(5,6)26-20/h8-10H,11H2,1-7H3. The van der Waals surface area contributed by atoms with Crippen molar-refractivity contribution < 1.29 is 23.6 Å². The van der Waals surface area contributed by atoms with E-state index in [0.29, 0.717) is 11.3 Å². The lowest BCUT2D eigenvalue weighted by Gasteiger charge is -2.32. The van der Waals surface area contributed by atoms with Crippen LogP contribution in [0.4, 0.5) is 0 Å². The third-order valence-electron chi connectivity index (χ3n) is 4.83. The van der Waals surface area contributed by atoms with Gasteiger partial charge in [-0.2, -0.15) is 0 Å². The van der Waals surface area contributed by atoms with Gasteiger partial charge in [0.15, 0.2) is 10.8 Å². The smallest absolute Gasteiger partial charge is 0.464 e. The van der Waals surface area contributed by atoms with E-state index in [1.165, 1.54) is 25.8 Å². The molecule has 1 aromatic rings. The Labute approximate surface area is 165 Å². The average molecular weight is 391 g/mol. The third-order valence-corrected chi connectivity index (χ3v) is 5.71. The number of hydrogen-bond donors (Lipinski definition) is 0. The number of thioether (sulfide) groups is 1. The monoisotopic (exact) mass is 391 g/mol. The largest absolute Gasteiger partial charge is 0.491 e. The summed E-state index contributed by atoms with van der Waals surface area (Å²) in [7, 11) is 0.773. The summed E-state index contributed by atoms with van der Waals surface area (Å²) in [4.78, 5) is 27.4. The number of rotatable bonds is 5. The number of aryl methyl sites for hydroxylation is 1. The highest BCUT2D eigenvalue weighted by Gasteiger charge is 2.52. The van der Waals surface area contributed by atoms with Gasteiger partial charge in [-0.1, -0.05) is 17.8 Å². The predicted octanol–water partition coefficient (Wildman–Crippen LogP) is 3.47. The predicted molar refractivity (Wildman–Crippen MR) is 108 cm³/mol. The van der Waals surface area contributed by atoms with Gasteiger partial charge in [0.05, 0.1) is 18.3 Å². The zero-order valence-electron chi connectivity index (χ0n) is 16.9. The molecule has 0 bridgehead atoms. The molecular weight excluding hydrogens is 365 g/mol. The summed E-state index contributed by atoms with van der Waals surface area (Å²) in [5.74, 6) is -0.0226. The van der Waals surface area contributed by atoms with Gasteiger partial charge in [-0.15, -0.1) is 0 Å². The number of nitrogens with zero attached hydrogens (tertiary/aromatic N) is 1. The summed E-state index contributed by atoms with van der Waals surface area (Å²) in [5, 5.41) is 0.0211. The van der Waals surface area contributed by atoms with E-state index in [1.54, 1.807) is 13.1 Å². The first kappa shape index (κ1) is 21.7. The molecule has 0 N–H and O–H groups in total. The van der Waals surface area contributed by atoms with Crippen LogP contribution in [0.2, 0.25) is 0 Å². The first-order chi connectivity index (χ1) is 12.5. The van der Waals surface area contributed by atoms with Gasteiger partial charge in [-0.3, -0.25) is 4.79 Å². The Morgan fingerprint density at radius 1 is 1.26 bits per heavy atom. The Morgan fingerprint density at radius 2 is 1.85 bits per heavy atom. The highest BCUT2D eigenvalue weighted by molar-refractivity contribution is 8.13. The molecule has 27 heavy (non-hydrogen) atoms. The molecule has 1 fully saturated rings. The van der Waals surface area contributed by atoms with Crippen molar-refractivity contribution in [2.24, 2.45) is 0 Å². The van der Waals surface area contributed by atoms with E-state index in [2.05, 4.69) is 4.98 Å². The van der Waals surface area contributed by atoms with Crippen LogP contribution in [0.15, 0.2) is 17.7 Å². The van der Waals surface area contributed by atoms with Crippen LogP contribution in [-0.4, -0.2) is 47.3 Å².